The van der Waals surface area contributed by atoms with Crippen molar-refractivity contribution in [1.29, 1.82) is 0 Å². The molecule has 0 radical (unpaired) electrons. The van der Waals surface area contributed by atoms with Crippen LogP contribution in [0.4, 0.5) is 5.69 Å². The fourth-order valence-corrected chi connectivity index (χ4v) is 3.37. The number of hydrogen-bond acceptors (Lipinski definition) is 4. The van der Waals surface area contributed by atoms with Crippen LogP contribution in [0, 0.1) is 5.92 Å². The molecule has 1 atom stereocenters. The molecule has 28 heavy (non-hydrogen) atoms. The Hall–Kier alpha value is -3.08. The predicted molar refractivity (Wildman–Crippen MR) is 108 cm³/mol. The zero-order chi connectivity index (χ0) is 20.4. The highest BCUT2D eigenvalue weighted by Crippen LogP contribution is 2.42. The number of Topliss-reactive ketones (excluding diaryl/α,β-unsaturated/α-hetero) is 1. The summed E-state index contributed by atoms with van der Waals surface area (Å²) in [5.41, 5.74) is 1.46. The van der Waals surface area contributed by atoms with Crippen LogP contribution in [0.2, 0.25) is 0 Å². The standard InChI is InChI=1S/C23H25NO4/c1-14(2)21(25)19-20(16-9-8-12-18(13-16)28-15(3)4)24(23(27)22(19)26)17-10-6-5-7-11-17/h5-15,20,26H,1-4H3. The molecule has 0 bridgehead atoms. The van der Waals surface area contributed by atoms with E-state index >= 15 is 0 Å². The molecule has 0 spiro atoms. The summed E-state index contributed by atoms with van der Waals surface area (Å²) >= 11 is 0. The maximum atomic E-state index is 12.9. The highest BCUT2D eigenvalue weighted by Gasteiger charge is 2.44. The molecule has 2 aromatic rings. The van der Waals surface area contributed by atoms with E-state index in [0.29, 0.717) is 17.0 Å². The molecule has 1 amide bonds. The molecule has 5 nitrogen and oxygen atoms in total. The fourth-order valence-electron chi connectivity index (χ4n) is 3.37. The first-order valence-corrected chi connectivity index (χ1v) is 9.43. The molecule has 5 heteroatoms. The van der Waals surface area contributed by atoms with Crippen LogP contribution in [-0.4, -0.2) is 22.9 Å². The van der Waals surface area contributed by atoms with Crippen molar-refractivity contribution in [2.45, 2.75) is 39.8 Å². The smallest absolute Gasteiger partial charge is 0.294 e. The van der Waals surface area contributed by atoms with E-state index in [4.69, 9.17) is 4.74 Å². The first-order chi connectivity index (χ1) is 13.3. The van der Waals surface area contributed by atoms with E-state index in [0.717, 1.165) is 0 Å². The highest BCUT2D eigenvalue weighted by atomic mass is 16.5. The lowest BCUT2D eigenvalue weighted by molar-refractivity contribution is -0.119. The quantitative estimate of drug-likeness (QED) is 0.797. The van der Waals surface area contributed by atoms with E-state index in [1.807, 2.05) is 56.3 Å². The zero-order valence-corrected chi connectivity index (χ0v) is 16.5. The van der Waals surface area contributed by atoms with Gasteiger partial charge in [-0.1, -0.05) is 44.2 Å². The number of rotatable bonds is 6. The van der Waals surface area contributed by atoms with Gasteiger partial charge in [0.05, 0.1) is 17.7 Å². The summed E-state index contributed by atoms with van der Waals surface area (Å²) in [5, 5.41) is 10.6. The highest BCUT2D eigenvalue weighted by molar-refractivity contribution is 6.16. The van der Waals surface area contributed by atoms with E-state index in [9.17, 15) is 14.7 Å². The summed E-state index contributed by atoms with van der Waals surface area (Å²) in [4.78, 5) is 27.3. The van der Waals surface area contributed by atoms with Gasteiger partial charge in [0.15, 0.2) is 11.5 Å². The zero-order valence-electron chi connectivity index (χ0n) is 16.5. The van der Waals surface area contributed by atoms with Crippen molar-refractivity contribution >= 4 is 17.4 Å². The van der Waals surface area contributed by atoms with Crippen molar-refractivity contribution in [3.05, 3.63) is 71.5 Å². The third kappa shape index (κ3) is 3.65. The maximum Gasteiger partial charge on any atom is 0.294 e. The van der Waals surface area contributed by atoms with Crippen molar-refractivity contribution in [2.75, 3.05) is 4.90 Å². The van der Waals surface area contributed by atoms with Crippen LogP contribution in [0.3, 0.4) is 0 Å². The molecule has 0 saturated carbocycles. The van der Waals surface area contributed by atoms with Crippen molar-refractivity contribution in [2.24, 2.45) is 5.92 Å². The Kier molecular flexibility index (Phi) is 5.54. The summed E-state index contributed by atoms with van der Waals surface area (Å²) in [6, 6.07) is 15.7. The normalized spacial score (nSPS) is 17.0. The van der Waals surface area contributed by atoms with Crippen LogP contribution < -0.4 is 9.64 Å². The minimum atomic E-state index is -0.708. The topological polar surface area (TPSA) is 66.8 Å². The average molecular weight is 379 g/mol. The lowest BCUT2D eigenvalue weighted by Gasteiger charge is -2.27. The van der Waals surface area contributed by atoms with Crippen LogP contribution in [0.15, 0.2) is 65.9 Å². The van der Waals surface area contributed by atoms with E-state index in [1.165, 1.54) is 4.90 Å². The van der Waals surface area contributed by atoms with Crippen molar-refractivity contribution in [3.8, 4) is 5.75 Å². The van der Waals surface area contributed by atoms with Gasteiger partial charge in [-0.05, 0) is 43.7 Å². The van der Waals surface area contributed by atoms with E-state index in [-0.39, 0.29) is 23.4 Å². The number of ketones is 1. The molecule has 2 aromatic carbocycles. The van der Waals surface area contributed by atoms with Crippen LogP contribution in [-0.2, 0) is 9.59 Å². The number of para-hydroxylation sites is 1. The Bertz CT molecular complexity index is 915. The molecule has 146 valence electrons. The Morgan fingerprint density at radius 3 is 2.32 bits per heavy atom. The minimum absolute atomic E-state index is 0.00797. The van der Waals surface area contributed by atoms with Gasteiger partial charge in [0.1, 0.15) is 5.75 Å². The number of nitrogens with zero attached hydrogens (tertiary/aromatic N) is 1. The fraction of sp³-hybridized carbons (Fsp3) is 0.304. The number of amides is 1. The molecule has 0 fully saturated rings. The molecule has 1 heterocycles. The largest absolute Gasteiger partial charge is 0.503 e. The summed E-state index contributed by atoms with van der Waals surface area (Å²) in [6.45, 7) is 7.38. The Labute approximate surface area is 165 Å². The summed E-state index contributed by atoms with van der Waals surface area (Å²) < 4.78 is 5.79. The predicted octanol–water partition coefficient (Wildman–Crippen LogP) is 4.60. The average Bonchev–Trinajstić information content (AvgIpc) is 2.92. The third-order valence-corrected chi connectivity index (χ3v) is 4.58. The van der Waals surface area contributed by atoms with E-state index in [2.05, 4.69) is 0 Å². The number of aliphatic hydroxyl groups is 1. The van der Waals surface area contributed by atoms with Crippen LogP contribution in [0.1, 0.15) is 39.3 Å². The Morgan fingerprint density at radius 1 is 1.04 bits per heavy atom. The van der Waals surface area contributed by atoms with Gasteiger partial charge in [-0.15, -0.1) is 0 Å². The van der Waals surface area contributed by atoms with Gasteiger partial charge in [0, 0.05) is 11.6 Å². The van der Waals surface area contributed by atoms with Gasteiger partial charge in [0.25, 0.3) is 5.91 Å². The van der Waals surface area contributed by atoms with Gasteiger partial charge in [0.2, 0.25) is 0 Å². The second-order valence-electron chi connectivity index (χ2n) is 7.43. The van der Waals surface area contributed by atoms with Gasteiger partial charge >= 0.3 is 0 Å². The summed E-state index contributed by atoms with van der Waals surface area (Å²) in [7, 11) is 0. The molecular formula is C23H25NO4. The molecule has 0 aliphatic carbocycles. The van der Waals surface area contributed by atoms with Crippen molar-refractivity contribution < 1.29 is 19.4 Å². The number of anilines is 1. The van der Waals surface area contributed by atoms with Gasteiger partial charge in [-0.2, -0.15) is 0 Å². The SMILES string of the molecule is CC(C)Oc1cccc(C2C(C(=O)C(C)C)=C(O)C(=O)N2c2ccccc2)c1. The van der Waals surface area contributed by atoms with Gasteiger partial charge in [-0.3, -0.25) is 14.5 Å². The van der Waals surface area contributed by atoms with E-state index in [1.54, 1.807) is 26.0 Å². The number of ether oxygens (including phenoxy) is 1. The number of aliphatic hydroxyl groups excluding tert-OH is 1. The number of benzene rings is 2. The molecule has 3 rings (SSSR count). The number of carbonyl (C=O) groups is 2. The van der Waals surface area contributed by atoms with Crippen molar-refractivity contribution in [1.82, 2.24) is 0 Å². The van der Waals surface area contributed by atoms with Crippen LogP contribution in [0.25, 0.3) is 0 Å². The number of hydrogen-bond donors (Lipinski definition) is 1. The Balaban J connectivity index is 2.15. The lowest BCUT2D eigenvalue weighted by atomic mass is 9.91. The van der Waals surface area contributed by atoms with Crippen LogP contribution >= 0.6 is 0 Å². The second-order valence-corrected chi connectivity index (χ2v) is 7.43. The second kappa shape index (κ2) is 7.89. The molecule has 1 aliphatic heterocycles. The monoisotopic (exact) mass is 379 g/mol. The maximum absolute atomic E-state index is 12.9. The lowest BCUT2D eigenvalue weighted by Crippen LogP contribution is -2.31. The molecule has 1 N–H and O–H groups in total. The molecule has 1 unspecified atom stereocenters. The summed E-state index contributed by atoms with van der Waals surface area (Å²) in [6.07, 6.45) is -0.00797. The van der Waals surface area contributed by atoms with Gasteiger partial charge in [-0.25, -0.2) is 0 Å². The molecule has 1 aliphatic rings. The van der Waals surface area contributed by atoms with Gasteiger partial charge < -0.3 is 9.84 Å². The minimum Gasteiger partial charge on any atom is -0.503 e. The third-order valence-electron chi connectivity index (χ3n) is 4.58. The molecular weight excluding hydrogens is 354 g/mol. The van der Waals surface area contributed by atoms with Crippen molar-refractivity contribution in [3.63, 3.8) is 0 Å². The first-order valence-electron chi connectivity index (χ1n) is 9.43. The summed E-state index contributed by atoms with van der Waals surface area (Å²) in [5.74, 6) is -1.00. The number of carbonyl (C=O) groups excluding carboxylic acids is 2. The van der Waals surface area contributed by atoms with E-state index < -0.39 is 17.7 Å². The van der Waals surface area contributed by atoms with Crippen LogP contribution in [0.5, 0.6) is 5.75 Å². The molecule has 0 saturated heterocycles. The molecule has 0 aromatic heterocycles. The Morgan fingerprint density at radius 2 is 1.71 bits per heavy atom. The first kappa shape index (κ1) is 19.7.